The minimum absolute atomic E-state index is 0.0263. The van der Waals surface area contributed by atoms with Crippen molar-refractivity contribution in [3.8, 4) is 0 Å². The average Bonchev–Trinajstić information content (AvgIpc) is 3.40. The van der Waals surface area contributed by atoms with Gasteiger partial charge < -0.3 is 15.2 Å². The van der Waals surface area contributed by atoms with Crippen molar-refractivity contribution < 1.29 is 4.79 Å². The topological polar surface area (TPSA) is 72.0 Å². The standard InChI is InChI=1S/C24H27ClN6OS/c1-14-4-5-15(2)18(10-14)20-12-21-23-27-28-24(30(23)8-9-31(21)29-20)33-13-22(32)26-19-11-17(25)7-6-16(19)3/h4-11,20-21,23,27,29H,12-13H2,1-3H3,(H,26,32). The van der Waals surface area contributed by atoms with Crippen LogP contribution in [0, 0.1) is 20.8 Å². The predicted octanol–water partition coefficient (Wildman–Crippen LogP) is 4.24. The fraction of sp³-hybridized carbons (Fsp3) is 0.333. The Morgan fingerprint density at radius 1 is 1.18 bits per heavy atom. The third-order valence-corrected chi connectivity index (χ3v) is 7.52. The van der Waals surface area contributed by atoms with Crippen molar-refractivity contribution in [1.82, 2.24) is 20.8 Å². The number of carbonyl (C=O) groups excluding carboxylic acids is 1. The highest BCUT2D eigenvalue weighted by Crippen LogP contribution is 2.36. The maximum atomic E-state index is 12.5. The molecule has 1 amide bonds. The normalized spacial score (nSPS) is 23.2. The Morgan fingerprint density at radius 2 is 2.00 bits per heavy atom. The van der Waals surface area contributed by atoms with E-state index in [1.165, 1.54) is 28.5 Å². The Balaban J connectivity index is 1.21. The van der Waals surface area contributed by atoms with Crippen LogP contribution in [-0.2, 0) is 4.79 Å². The van der Waals surface area contributed by atoms with Gasteiger partial charge in [-0.3, -0.25) is 10.2 Å². The first kappa shape index (κ1) is 22.1. The summed E-state index contributed by atoms with van der Waals surface area (Å²) in [7, 11) is 0. The maximum Gasteiger partial charge on any atom is 0.234 e. The van der Waals surface area contributed by atoms with Crippen LogP contribution in [-0.4, -0.2) is 38.9 Å². The Bertz CT molecular complexity index is 1150. The summed E-state index contributed by atoms with van der Waals surface area (Å²) in [6.07, 6.45) is 5.07. The van der Waals surface area contributed by atoms with Gasteiger partial charge in [0.15, 0.2) is 5.17 Å². The number of fused-ring (bicyclic) bond motifs is 3. The summed E-state index contributed by atoms with van der Waals surface area (Å²) in [5.74, 6) is 0.179. The molecule has 0 radical (unpaired) electrons. The number of carbonyl (C=O) groups is 1. The molecule has 3 aliphatic heterocycles. The van der Waals surface area contributed by atoms with Gasteiger partial charge in [0.25, 0.3) is 0 Å². The van der Waals surface area contributed by atoms with Crippen LogP contribution < -0.4 is 16.2 Å². The molecule has 3 heterocycles. The molecule has 9 heteroatoms. The van der Waals surface area contributed by atoms with Gasteiger partial charge in [0, 0.05) is 23.1 Å². The van der Waals surface area contributed by atoms with Crippen molar-refractivity contribution in [3.05, 3.63) is 76.1 Å². The zero-order chi connectivity index (χ0) is 23.1. The van der Waals surface area contributed by atoms with Crippen molar-refractivity contribution in [2.24, 2.45) is 5.10 Å². The Labute approximate surface area is 203 Å². The number of rotatable bonds is 4. The van der Waals surface area contributed by atoms with Crippen LogP contribution in [0.4, 0.5) is 5.69 Å². The molecule has 3 unspecified atom stereocenters. The van der Waals surface area contributed by atoms with Crippen molar-refractivity contribution in [3.63, 3.8) is 0 Å². The lowest BCUT2D eigenvalue weighted by Gasteiger charge is -2.36. The fourth-order valence-corrected chi connectivity index (χ4v) is 5.48. The molecule has 3 aliphatic rings. The van der Waals surface area contributed by atoms with Crippen LogP contribution in [0.5, 0.6) is 0 Å². The summed E-state index contributed by atoms with van der Waals surface area (Å²) in [5, 5.41) is 11.0. The van der Waals surface area contributed by atoms with Crippen LogP contribution in [0.2, 0.25) is 5.02 Å². The van der Waals surface area contributed by atoms with Crippen molar-refractivity contribution in [2.75, 3.05) is 11.1 Å². The zero-order valence-corrected chi connectivity index (χ0v) is 20.4. The minimum atomic E-state index is -0.0864. The number of anilines is 1. The number of hydrogen-bond acceptors (Lipinski definition) is 7. The van der Waals surface area contributed by atoms with Gasteiger partial charge in [-0.2, -0.15) is 5.10 Å². The molecule has 5 rings (SSSR count). The summed E-state index contributed by atoms with van der Waals surface area (Å²) >= 11 is 7.48. The van der Waals surface area contributed by atoms with E-state index in [0.29, 0.717) is 5.02 Å². The van der Waals surface area contributed by atoms with E-state index in [-0.39, 0.29) is 29.9 Å². The van der Waals surface area contributed by atoms with Gasteiger partial charge in [-0.25, -0.2) is 5.43 Å². The Kier molecular flexibility index (Phi) is 5.99. The molecular weight excluding hydrogens is 456 g/mol. The highest BCUT2D eigenvalue weighted by Gasteiger charge is 2.44. The number of amides is 1. The zero-order valence-electron chi connectivity index (χ0n) is 18.8. The van der Waals surface area contributed by atoms with E-state index >= 15 is 0 Å². The van der Waals surface area contributed by atoms with Gasteiger partial charge in [-0.1, -0.05) is 53.2 Å². The van der Waals surface area contributed by atoms with Crippen molar-refractivity contribution in [1.29, 1.82) is 0 Å². The molecule has 0 aromatic heterocycles. The van der Waals surface area contributed by atoms with E-state index in [0.717, 1.165) is 22.8 Å². The van der Waals surface area contributed by atoms with E-state index in [2.05, 4.69) is 69.4 Å². The van der Waals surface area contributed by atoms with Gasteiger partial charge in [0.2, 0.25) is 5.91 Å². The van der Waals surface area contributed by atoms with Crippen LogP contribution in [0.3, 0.4) is 0 Å². The molecule has 2 aromatic carbocycles. The van der Waals surface area contributed by atoms with E-state index in [9.17, 15) is 4.79 Å². The quantitative estimate of drug-likeness (QED) is 0.605. The van der Waals surface area contributed by atoms with Crippen molar-refractivity contribution in [2.45, 2.75) is 45.4 Å². The smallest absolute Gasteiger partial charge is 0.234 e. The summed E-state index contributed by atoms with van der Waals surface area (Å²) in [6, 6.07) is 12.6. The number of aryl methyl sites for hydroxylation is 3. The molecule has 172 valence electrons. The van der Waals surface area contributed by atoms with Crippen molar-refractivity contribution >= 4 is 40.1 Å². The SMILES string of the molecule is Cc1ccc(C)c(C2CC3C4NN=C(SCC(=O)Nc5cc(Cl)ccc5C)N4C=CN3N2)c1. The third kappa shape index (κ3) is 4.43. The molecule has 0 saturated carbocycles. The molecule has 0 bridgehead atoms. The van der Waals surface area contributed by atoms with Gasteiger partial charge in [0.05, 0.1) is 17.8 Å². The summed E-state index contributed by atoms with van der Waals surface area (Å²) < 4.78 is 0. The van der Waals surface area contributed by atoms with E-state index in [1.54, 1.807) is 6.07 Å². The highest BCUT2D eigenvalue weighted by atomic mass is 35.5. The lowest BCUT2D eigenvalue weighted by Crippen LogP contribution is -2.54. The number of halogens is 1. The fourth-order valence-electron chi connectivity index (χ4n) is 4.53. The molecule has 0 spiro atoms. The van der Waals surface area contributed by atoms with Gasteiger partial charge >= 0.3 is 0 Å². The molecule has 2 aromatic rings. The molecule has 3 atom stereocenters. The molecule has 3 N–H and O–H groups in total. The van der Waals surface area contributed by atoms with Crippen LogP contribution in [0.15, 0.2) is 53.9 Å². The maximum absolute atomic E-state index is 12.5. The first-order valence-corrected chi connectivity index (χ1v) is 12.4. The van der Waals surface area contributed by atoms with Crippen LogP contribution in [0.1, 0.15) is 34.7 Å². The Morgan fingerprint density at radius 3 is 2.85 bits per heavy atom. The largest absolute Gasteiger partial charge is 0.325 e. The number of hydrogen-bond donors (Lipinski definition) is 3. The molecular formula is C24H27ClN6OS. The molecule has 7 nitrogen and oxygen atoms in total. The van der Waals surface area contributed by atoms with Gasteiger partial charge in [-0.05, 0) is 56.0 Å². The number of amidine groups is 1. The monoisotopic (exact) mass is 482 g/mol. The van der Waals surface area contributed by atoms with Crippen LogP contribution >= 0.6 is 23.4 Å². The first-order valence-electron chi connectivity index (χ1n) is 11.0. The van der Waals surface area contributed by atoms with E-state index < -0.39 is 0 Å². The lowest BCUT2D eigenvalue weighted by atomic mass is 9.95. The van der Waals surface area contributed by atoms with Gasteiger partial charge in [0.1, 0.15) is 6.17 Å². The number of hydrazone groups is 1. The minimum Gasteiger partial charge on any atom is -0.325 e. The van der Waals surface area contributed by atoms with E-state index in [4.69, 9.17) is 11.6 Å². The molecule has 33 heavy (non-hydrogen) atoms. The number of nitrogens with zero attached hydrogens (tertiary/aromatic N) is 3. The molecule has 1 saturated heterocycles. The number of benzene rings is 2. The molecule has 1 fully saturated rings. The average molecular weight is 483 g/mol. The lowest BCUT2D eigenvalue weighted by molar-refractivity contribution is -0.113. The summed E-state index contributed by atoms with van der Waals surface area (Å²) in [6.45, 7) is 6.24. The molecule has 0 aliphatic carbocycles. The summed E-state index contributed by atoms with van der Waals surface area (Å²) in [4.78, 5) is 14.7. The van der Waals surface area contributed by atoms with Crippen LogP contribution in [0.25, 0.3) is 0 Å². The first-order chi connectivity index (χ1) is 15.9. The predicted molar refractivity (Wildman–Crippen MR) is 135 cm³/mol. The highest BCUT2D eigenvalue weighted by molar-refractivity contribution is 8.14. The number of nitrogens with one attached hydrogen (secondary N) is 3. The van der Waals surface area contributed by atoms with E-state index in [1.807, 2.05) is 25.3 Å². The second-order valence-electron chi connectivity index (χ2n) is 8.72. The van der Waals surface area contributed by atoms with Gasteiger partial charge in [-0.15, -0.1) is 0 Å². The Hall–Kier alpha value is -2.68. The third-order valence-electron chi connectivity index (χ3n) is 6.32. The second-order valence-corrected chi connectivity index (χ2v) is 10.1. The number of thioether (sulfide) groups is 1. The number of hydrazine groups is 1. The second kappa shape index (κ2) is 8.93. The summed E-state index contributed by atoms with van der Waals surface area (Å²) in [5.41, 5.74) is 12.5.